The first kappa shape index (κ1) is 16.7. The molecule has 0 aliphatic rings. The van der Waals surface area contributed by atoms with Crippen molar-refractivity contribution in [3.8, 4) is 11.5 Å². The van der Waals surface area contributed by atoms with Crippen LogP contribution in [0, 0.1) is 6.92 Å². The topological polar surface area (TPSA) is 63.6 Å². The molecular formula is C19H13Cl2N5. The van der Waals surface area contributed by atoms with E-state index < -0.39 is 0 Å². The number of nitrogens with one attached hydrogen (secondary N) is 1. The number of rotatable bonds is 3. The molecular weight excluding hydrogens is 369 g/mol. The molecule has 0 spiro atoms. The van der Waals surface area contributed by atoms with Gasteiger partial charge in [-0.2, -0.15) is 0 Å². The smallest absolute Gasteiger partial charge is 0.182 e. The summed E-state index contributed by atoms with van der Waals surface area (Å²) in [5, 5.41) is 5.28. The van der Waals surface area contributed by atoms with Crippen molar-refractivity contribution in [1.82, 2.24) is 19.9 Å². The van der Waals surface area contributed by atoms with Gasteiger partial charge in [0, 0.05) is 33.5 Å². The number of nitrogens with zero attached hydrogens (tertiary/aromatic N) is 4. The summed E-state index contributed by atoms with van der Waals surface area (Å²) < 4.78 is 0. The molecule has 0 saturated carbocycles. The number of aryl methyl sites for hydroxylation is 1. The molecule has 0 saturated heterocycles. The summed E-state index contributed by atoms with van der Waals surface area (Å²) in [6.07, 6.45) is 4.87. The Balaban J connectivity index is 1.90. The molecule has 0 fully saturated rings. The lowest BCUT2D eigenvalue weighted by Crippen LogP contribution is -2.01. The number of anilines is 2. The van der Waals surface area contributed by atoms with E-state index in [0.29, 0.717) is 27.4 Å². The predicted molar refractivity (Wildman–Crippen MR) is 105 cm³/mol. The molecule has 0 aliphatic heterocycles. The number of halogens is 2. The molecule has 4 aromatic rings. The van der Waals surface area contributed by atoms with Crippen molar-refractivity contribution in [3.05, 3.63) is 70.6 Å². The van der Waals surface area contributed by atoms with Crippen LogP contribution in [0.25, 0.3) is 22.4 Å². The fraction of sp³-hybridized carbons (Fsp3) is 0.0526. The largest absolute Gasteiger partial charge is 0.340 e. The Hall–Kier alpha value is -2.76. The summed E-state index contributed by atoms with van der Waals surface area (Å²) in [6, 6.07) is 11.2. The zero-order valence-corrected chi connectivity index (χ0v) is 15.3. The Bertz CT molecular complexity index is 1080. The van der Waals surface area contributed by atoms with E-state index in [1.54, 1.807) is 36.8 Å². The van der Waals surface area contributed by atoms with Gasteiger partial charge in [-0.25, -0.2) is 15.0 Å². The second-order valence-corrected chi connectivity index (χ2v) is 6.61. The maximum atomic E-state index is 6.11. The molecule has 0 radical (unpaired) electrons. The van der Waals surface area contributed by atoms with E-state index in [-0.39, 0.29) is 0 Å². The first-order chi connectivity index (χ1) is 12.6. The zero-order chi connectivity index (χ0) is 18.1. The van der Waals surface area contributed by atoms with Gasteiger partial charge in [0.25, 0.3) is 0 Å². The third-order valence-corrected chi connectivity index (χ3v) is 4.28. The Labute approximate surface area is 160 Å². The zero-order valence-electron chi connectivity index (χ0n) is 13.7. The van der Waals surface area contributed by atoms with Crippen molar-refractivity contribution >= 4 is 45.6 Å². The number of aromatic nitrogens is 4. The molecule has 128 valence electrons. The molecule has 2 heterocycles. The van der Waals surface area contributed by atoms with Crippen LogP contribution in [-0.4, -0.2) is 19.9 Å². The van der Waals surface area contributed by atoms with Crippen LogP contribution in [0.1, 0.15) is 5.56 Å². The second-order valence-electron chi connectivity index (χ2n) is 5.74. The second kappa shape index (κ2) is 6.86. The van der Waals surface area contributed by atoms with E-state index in [1.165, 1.54) is 0 Å². The Morgan fingerprint density at radius 3 is 2.50 bits per heavy atom. The summed E-state index contributed by atoms with van der Waals surface area (Å²) in [6.45, 7) is 2.01. The Morgan fingerprint density at radius 2 is 1.77 bits per heavy atom. The quantitative estimate of drug-likeness (QED) is 0.511. The molecule has 0 amide bonds. The van der Waals surface area contributed by atoms with Gasteiger partial charge in [0.2, 0.25) is 0 Å². The molecule has 5 nitrogen and oxygen atoms in total. The van der Waals surface area contributed by atoms with Crippen molar-refractivity contribution in [2.75, 3.05) is 5.32 Å². The van der Waals surface area contributed by atoms with E-state index in [0.717, 1.165) is 22.2 Å². The minimum Gasteiger partial charge on any atom is -0.340 e. The van der Waals surface area contributed by atoms with Crippen LogP contribution in [0.15, 0.2) is 55.0 Å². The molecule has 26 heavy (non-hydrogen) atoms. The first-order valence-corrected chi connectivity index (χ1v) is 8.62. The molecule has 2 aromatic heterocycles. The molecule has 1 N–H and O–H groups in total. The maximum absolute atomic E-state index is 6.11. The minimum atomic E-state index is 0.496. The highest BCUT2D eigenvalue weighted by molar-refractivity contribution is 6.35. The van der Waals surface area contributed by atoms with Gasteiger partial charge in [-0.05, 0) is 36.8 Å². The van der Waals surface area contributed by atoms with Crippen LogP contribution in [0.3, 0.4) is 0 Å². The van der Waals surface area contributed by atoms with Crippen LogP contribution in [0.2, 0.25) is 10.0 Å². The highest BCUT2D eigenvalue weighted by Crippen LogP contribution is 2.30. The van der Waals surface area contributed by atoms with Gasteiger partial charge in [0.1, 0.15) is 11.5 Å². The van der Waals surface area contributed by atoms with Crippen LogP contribution in [0.5, 0.6) is 0 Å². The van der Waals surface area contributed by atoms with Gasteiger partial charge < -0.3 is 5.32 Å². The highest BCUT2D eigenvalue weighted by Gasteiger charge is 2.12. The van der Waals surface area contributed by atoms with Crippen molar-refractivity contribution in [2.45, 2.75) is 6.92 Å². The summed E-state index contributed by atoms with van der Waals surface area (Å²) in [4.78, 5) is 17.7. The van der Waals surface area contributed by atoms with Crippen molar-refractivity contribution in [2.24, 2.45) is 0 Å². The minimum absolute atomic E-state index is 0.496. The highest BCUT2D eigenvalue weighted by atomic mass is 35.5. The monoisotopic (exact) mass is 381 g/mol. The fourth-order valence-electron chi connectivity index (χ4n) is 2.68. The number of para-hydroxylation sites is 1. The number of hydrogen-bond donors (Lipinski definition) is 1. The number of hydrogen-bond acceptors (Lipinski definition) is 5. The average Bonchev–Trinajstić information content (AvgIpc) is 2.62. The van der Waals surface area contributed by atoms with Gasteiger partial charge in [-0.15, -0.1) is 0 Å². The van der Waals surface area contributed by atoms with Gasteiger partial charge >= 0.3 is 0 Å². The van der Waals surface area contributed by atoms with E-state index in [9.17, 15) is 0 Å². The van der Waals surface area contributed by atoms with Crippen molar-refractivity contribution < 1.29 is 0 Å². The SMILES string of the molecule is Cc1cccc2c(Nc3cc(Cl)cc(Cl)c3)nc(-c3cnccn3)nc12. The van der Waals surface area contributed by atoms with Gasteiger partial charge in [0.15, 0.2) is 5.82 Å². The number of fused-ring (bicyclic) bond motifs is 1. The van der Waals surface area contributed by atoms with E-state index in [4.69, 9.17) is 23.2 Å². The molecule has 0 atom stereocenters. The average molecular weight is 382 g/mol. The van der Waals surface area contributed by atoms with E-state index in [1.807, 2.05) is 25.1 Å². The molecule has 7 heteroatoms. The Morgan fingerprint density at radius 1 is 0.962 bits per heavy atom. The summed E-state index contributed by atoms with van der Waals surface area (Å²) in [5.41, 5.74) is 3.24. The molecule has 4 rings (SSSR count). The van der Waals surface area contributed by atoms with Crippen LogP contribution < -0.4 is 5.32 Å². The fourth-order valence-corrected chi connectivity index (χ4v) is 3.21. The lowest BCUT2D eigenvalue weighted by molar-refractivity contribution is 1.13. The maximum Gasteiger partial charge on any atom is 0.182 e. The summed E-state index contributed by atoms with van der Waals surface area (Å²) in [5.74, 6) is 1.15. The van der Waals surface area contributed by atoms with E-state index >= 15 is 0 Å². The molecule has 0 aliphatic carbocycles. The van der Waals surface area contributed by atoms with Crippen molar-refractivity contribution in [3.63, 3.8) is 0 Å². The first-order valence-electron chi connectivity index (χ1n) is 7.87. The van der Waals surface area contributed by atoms with Crippen molar-refractivity contribution in [1.29, 1.82) is 0 Å². The lowest BCUT2D eigenvalue weighted by Gasteiger charge is -2.12. The standard InChI is InChI=1S/C19H13Cl2N5/c1-11-3-2-4-15-17(11)25-19(16-10-22-5-6-23-16)26-18(15)24-14-8-12(20)7-13(21)9-14/h2-10H,1H3,(H,24,25,26). The third kappa shape index (κ3) is 3.31. The van der Waals surface area contributed by atoms with Crippen LogP contribution >= 0.6 is 23.2 Å². The molecule has 2 aromatic carbocycles. The van der Waals surface area contributed by atoms with Gasteiger partial charge in [-0.1, -0.05) is 35.3 Å². The van der Waals surface area contributed by atoms with Crippen LogP contribution in [-0.2, 0) is 0 Å². The molecule has 0 unspecified atom stereocenters. The Kier molecular flexibility index (Phi) is 4.41. The van der Waals surface area contributed by atoms with Crippen LogP contribution in [0.4, 0.5) is 11.5 Å². The third-order valence-electron chi connectivity index (χ3n) is 3.85. The van der Waals surface area contributed by atoms with E-state index in [2.05, 4.69) is 25.3 Å². The van der Waals surface area contributed by atoms with Gasteiger partial charge in [-0.3, -0.25) is 4.98 Å². The number of benzene rings is 2. The summed E-state index contributed by atoms with van der Waals surface area (Å²) >= 11 is 12.2. The van der Waals surface area contributed by atoms with Gasteiger partial charge in [0.05, 0.1) is 11.7 Å². The molecule has 0 bridgehead atoms. The normalized spacial score (nSPS) is 10.9. The lowest BCUT2D eigenvalue weighted by atomic mass is 10.1. The predicted octanol–water partition coefficient (Wildman–Crippen LogP) is 5.45. The summed E-state index contributed by atoms with van der Waals surface area (Å²) in [7, 11) is 0.